The zero-order valence-electron chi connectivity index (χ0n) is 16.3. The van der Waals surface area contributed by atoms with Crippen molar-refractivity contribution in [3.8, 4) is 0 Å². The average Bonchev–Trinajstić information content (AvgIpc) is 2.63. The smallest absolute Gasteiger partial charge is 0.272 e. The fourth-order valence-corrected chi connectivity index (χ4v) is 3.54. The molecule has 154 valence electrons. The van der Waals surface area contributed by atoms with Gasteiger partial charge in [0.25, 0.3) is 5.69 Å². The SMILES string of the molecule is CC(C)N1CC(=O)N(C)c2cnc(Nc3cc([N+](=O)[O-])cc(S(C)(=O)=O)c3)nc21. The van der Waals surface area contributed by atoms with E-state index in [9.17, 15) is 23.3 Å². The molecule has 1 aromatic heterocycles. The first kappa shape index (κ1) is 20.5. The van der Waals surface area contributed by atoms with E-state index in [-0.39, 0.29) is 40.7 Å². The first-order chi connectivity index (χ1) is 13.5. The molecule has 1 aliphatic heterocycles. The van der Waals surface area contributed by atoms with Gasteiger partial charge in [0.1, 0.15) is 5.69 Å². The maximum Gasteiger partial charge on any atom is 0.272 e. The van der Waals surface area contributed by atoms with Crippen molar-refractivity contribution in [2.75, 3.05) is 35.0 Å². The molecule has 0 unspecified atom stereocenters. The molecule has 1 aromatic carbocycles. The van der Waals surface area contributed by atoms with Gasteiger partial charge in [-0.3, -0.25) is 14.9 Å². The molecule has 2 aromatic rings. The van der Waals surface area contributed by atoms with E-state index in [0.717, 1.165) is 12.3 Å². The highest BCUT2D eigenvalue weighted by atomic mass is 32.2. The van der Waals surface area contributed by atoms with Crippen LogP contribution in [0.3, 0.4) is 0 Å². The molecule has 0 aliphatic carbocycles. The number of hydrogen-bond acceptors (Lipinski definition) is 9. The van der Waals surface area contributed by atoms with Crippen LogP contribution in [0.4, 0.5) is 28.8 Å². The van der Waals surface area contributed by atoms with Crippen molar-refractivity contribution in [3.63, 3.8) is 0 Å². The Balaban J connectivity index is 2.04. The number of fused-ring (bicyclic) bond motifs is 1. The summed E-state index contributed by atoms with van der Waals surface area (Å²) in [6.45, 7) is 4.01. The molecule has 12 heteroatoms. The van der Waals surface area contributed by atoms with Gasteiger partial charge < -0.3 is 15.1 Å². The van der Waals surface area contributed by atoms with Gasteiger partial charge in [0.15, 0.2) is 15.7 Å². The fourth-order valence-electron chi connectivity index (χ4n) is 2.87. The molecule has 0 bridgehead atoms. The lowest BCUT2D eigenvalue weighted by Gasteiger charge is -2.36. The number of aromatic nitrogens is 2. The number of anilines is 4. The van der Waals surface area contributed by atoms with Crippen LogP contribution in [0, 0.1) is 10.1 Å². The Morgan fingerprint density at radius 2 is 1.97 bits per heavy atom. The Bertz CT molecular complexity index is 1100. The van der Waals surface area contributed by atoms with Crippen LogP contribution in [0.1, 0.15) is 13.8 Å². The molecule has 0 radical (unpaired) electrons. The van der Waals surface area contributed by atoms with Crippen molar-refractivity contribution in [3.05, 3.63) is 34.5 Å². The number of hydrogen-bond donors (Lipinski definition) is 1. The number of amides is 1. The van der Waals surface area contributed by atoms with E-state index < -0.39 is 14.8 Å². The van der Waals surface area contributed by atoms with Gasteiger partial charge in [-0.2, -0.15) is 4.98 Å². The molecule has 0 spiro atoms. The number of non-ortho nitro benzene ring substituents is 1. The third-order valence-corrected chi connectivity index (χ3v) is 5.56. The Morgan fingerprint density at radius 3 is 2.55 bits per heavy atom. The van der Waals surface area contributed by atoms with Crippen LogP contribution < -0.4 is 15.1 Å². The van der Waals surface area contributed by atoms with E-state index in [2.05, 4.69) is 15.3 Å². The van der Waals surface area contributed by atoms with E-state index in [0.29, 0.717) is 11.5 Å². The zero-order valence-corrected chi connectivity index (χ0v) is 17.1. The topological polar surface area (TPSA) is 139 Å². The second kappa shape index (κ2) is 7.28. The number of rotatable bonds is 5. The molecule has 0 saturated carbocycles. The van der Waals surface area contributed by atoms with Gasteiger partial charge in [0.2, 0.25) is 11.9 Å². The first-order valence-electron chi connectivity index (χ1n) is 8.64. The van der Waals surface area contributed by atoms with Crippen molar-refractivity contribution >= 4 is 44.6 Å². The van der Waals surface area contributed by atoms with Crippen molar-refractivity contribution in [1.82, 2.24) is 9.97 Å². The highest BCUT2D eigenvalue weighted by Gasteiger charge is 2.30. The monoisotopic (exact) mass is 420 g/mol. The Hall–Kier alpha value is -3.28. The number of sulfone groups is 1. The lowest BCUT2D eigenvalue weighted by Crippen LogP contribution is -2.47. The maximum absolute atomic E-state index is 12.2. The molecular formula is C17H20N6O5S. The van der Waals surface area contributed by atoms with E-state index >= 15 is 0 Å². The minimum absolute atomic E-state index is 0.00352. The van der Waals surface area contributed by atoms with Crippen LogP contribution in [-0.2, 0) is 14.6 Å². The number of likely N-dealkylation sites (N-methyl/N-ethyl adjacent to an activating group) is 1. The summed E-state index contributed by atoms with van der Waals surface area (Å²) in [5, 5.41) is 14.0. The largest absolute Gasteiger partial charge is 0.343 e. The number of nitro groups is 1. The number of nitrogens with zero attached hydrogens (tertiary/aromatic N) is 5. The molecule has 29 heavy (non-hydrogen) atoms. The normalized spacial score (nSPS) is 14.2. The van der Waals surface area contributed by atoms with E-state index in [1.807, 2.05) is 18.7 Å². The molecule has 1 amide bonds. The number of nitro benzene ring substituents is 1. The summed E-state index contributed by atoms with van der Waals surface area (Å²) >= 11 is 0. The quantitative estimate of drug-likeness (QED) is 0.566. The van der Waals surface area contributed by atoms with Crippen LogP contribution in [-0.4, -0.2) is 55.1 Å². The lowest BCUT2D eigenvalue weighted by molar-refractivity contribution is -0.385. The summed E-state index contributed by atoms with van der Waals surface area (Å²) in [5.41, 5.74) is 0.329. The zero-order chi connectivity index (χ0) is 21.5. The summed E-state index contributed by atoms with van der Waals surface area (Å²) < 4.78 is 23.7. The van der Waals surface area contributed by atoms with Gasteiger partial charge in [0.05, 0.1) is 22.6 Å². The summed E-state index contributed by atoms with van der Waals surface area (Å²) in [6.07, 6.45) is 2.45. The molecule has 0 saturated heterocycles. The number of carbonyl (C=O) groups excluding carboxylic acids is 1. The van der Waals surface area contributed by atoms with E-state index in [4.69, 9.17) is 0 Å². The number of carbonyl (C=O) groups is 1. The van der Waals surface area contributed by atoms with Crippen molar-refractivity contribution in [2.24, 2.45) is 0 Å². The molecule has 1 N–H and O–H groups in total. The van der Waals surface area contributed by atoms with E-state index in [1.165, 1.54) is 23.2 Å². The third-order valence-electron chi connectivity index (χ3n) is 4.47. The minimum Gasteiger partial charge on any atom is -0.343 e. The van der Waals surface area contributed by atoms with Gasteiger partial charge in [0, 0.05) is 37.2 Å². The molecule has 2 heterocycles. The second-order valence-electron chi connectivity index (χ2n) is 6.95. The number of nitrogens with one attached hydrogen (secondary N) is 1. The van der Waals surface area contributed by atoms with Crippen LogP contribution in [0.2, 0.25) is 0 Å². The van der Waals surface area contributed by atoms with Crippen molar-refractivity contribution < 1.29 is 18.1 Å². The van der Waals surface area contributed by atoms with E-state index in [1.54, 1.807) is 7.05 Å². The first-order valence-corrected chi connectivity index (χ1v) is 10.5. The fraction of sp³-hybridized carbons (Fsp3) is 0.353. The Labute approximate surface area is 167 Å². The van der Waals surface area contributed by atoms with Crippen LogP contribution >= 0.6 is 0 Å². The van der Waals surface area contributed by atoms with Crippen LogP contribution in [0.25, 0.3) is 0 Å². The molecule has 1 aliphatic rings. The van der Waals surface area contributed by atoms with Gasteiger partial charge >= 0.3 is 0 Å². The molecule has 3 rings (SSSR count). The summed E-state index contributed by atoms with van der Waals surface area (Å²) in [5.74, 6) is 0.567. The van der Waals surface area contributed by atoms with Crippen LogP contribution in [0.5, 0.6) is 0 Å². The molecule has 0 atom stereocenters. The van der Waals surface area contributed by atoms with Crippen molar-refractivity contribution in [1.29, 1.82) is 0 Å². The second-order valence-corrected chi connectivity index (χ2v) is 8.96. The summed E-state index contributed by atoms with van der Waals surface area (Å²) in [4.78, 5) is 34.4. The highest BCUT2D eigenvalue weighted by Crippen LogP contribution is 2.33. The predicted octanol–water partition coefficient (Wildman–Crippen LogP) is 1.72. The van der Waals surface area contributed by atoms with Gasteiger partial charge in [-0.15, -0.1) is 0 Å². The number of benzene rings is 1. The molecule has 11 nitrogen and oxygen atoms in total. The average molecular weight is 420 g/mol. The van der Waals surface area contributed by atoms with Gasteiger partial charge in [-0.05, 0) is 19.9 Å². The third kappa shape index (κ3) is 4.11. The Kier molecular flexibility index (Phi) is 5.13. The summed E-state index contributed by atoms with van der Waals surface area (Å²) in [7, 11) is -2.03. The standard InChI is InChI=1S/C17H20N6O5S/c1-10(2)22-9-15(24)21(3)14-8-18-17(20-16(14)22)19-11-5-12(23(25)26)7-13(6-11)29(4,27)28/h5-8,10H,9H2,1-4H3,(H,18,19,20). The van der Waals surface area contributed by atoms with Crippen molar-refractivity contribution in [2.45, 2.75) is 24.8 Å². The van der Waals surface area contributed by atoms with Gasteiger partial charge in [-0.1, -0.05) is 0 Å². The van der Waals surface area contributed by atoms with Crippen LogP contribution in [0.15, 0.2) is 29.3 Å². The Morgan fingerprint density at radius 1 is 1.28 bits per heavy atom. The predicted molar refractivity (Wildman–Crippen MR) is 107 cm³/mol. The lowest BCUT2D eigenvalue weighted by atomic mass is 10.2. The summed E-state index contributed by atoms with van der Waals surface area (Å²) in [6, 6.07) is 3.48. The highest BCUT2D eigenvalue weighted by molar-refractivity contribution is 7.90. The van der Waals surface area contributed by atoms with Gasteiger partial charge in [-0.25, -0.2) is 13.4 Å². The molecular weight excluding hydrogens is 400 g/mol. The minimum atomic E-state index is -3.66. The maximum atomic E-state index is 12.2. The molecule has 0 fully saturated rings.